The number of rotatable bonds is 5. The van der Waals surface area contributed by atoms with Crippen molar-refractivity contribution in [2.24, 2.45) is 0 Å². The third-order valence-electron chi connectivity index (χ3n) is 3.19. The van der Waals surface area contributed by atoms with E-state index in [2.05, 4.69) is 15.1 Å². The number of aromatic nitrogens is 2. The minimum atomic E-state index is -0.504. The number of aliphatic hydroxyl groups is 1. The molecule has 0 aliphatic carbocycles. The zero-order chi connectivity index (χ0) is 14.0. The summed E-state index contributed by atoms with van der Waals surface area (Å²) in [5.41, 5.74) is 0.431. The van der Waals surface area contributed by atoms with Gasteiger partial charge in [-0.05, 0) is 19.1 Å². The van der Waals surface area contributed by atoms with Crippen molar-refractivity contribution in [3.05, 3.63) is 30.3 Å². The van der Waals surface area contributed by atoms with Gasteiger partial charge in [0.15, 0.2) is 0 Å². The molecule has 0 amide bonds. The van der Waals surface area contributed by atoms with E-state index in [4.69, 9.17) is 4.42 Å². The molecule has 6 heteroatoms. The van der Waals surface area contributed by atoms with Crippen molar-refractivity contribution in [3.63, 3.8) is 0 Å². The molecule has 1 aromatic carbocycles. The van der Waals surface area contributed by atoms with Gasteiger partial charge in [0.25, 0.3) is 5.22 Å². The molecule has 5 nitrogen and oxygen atoms in total. The van der Waals surface area contributed by atoms with E-state index in [1.54, 1.807) is 11.8 Å². The van der Waals surface area contributed by atoms with Crippen LogP contribution in [0.15, 0.2) is 40.0 Å². The fraction of sp³-hybridized carbons (Fsp3) is 0.429. The fourth-order valence-electron chi connectivity index (χ4n) is 2.30. The quantitative estimate of drug-likeness (QED) is 0.849. The first-order valence-electron chi connectivity index (χ1n) is 6.59. The zero-order valence-electron chi connectivity index (χ0n) is 11.3. The molecule has 0 unspecified atom stereocenters. The molecule has 0 saturated carbocycles. The van der Waals surface area contributed by atoms with Gasteiger partial charge >= 0.3 is 0 Å². The minimum absolute atomic E-state index is 0.504. The molecular formula is C14H17N3O2S. The van der Waals surface area contributed by atoms with E-state index in [1.165, 1.54) is 0 Å². The molecule has 1 saturated heterocycles. The Morgan fingerprint density at radius 2 is 2.05 bits per heavy atom. The van der Waals surface area contributed by atoms with Gasteiger partial charge in [-0.2, -0.15) is 0 Å². The summed E-state index contributed by atoms with van der Waals surface area (Å²) in [4.78, 5) is 2.21. The number of hydrogen-bond acceptors (Lipinski definition) is 6. The lowest BCUT2D eigenvalue weighted by atomic mass is 9.97. The molecule has 0 radical (unpaired) electrons. The lowest BCUT2D eigenvalue weighted by Gasteiger charge is -2.44. The van der Waals surface area contributed by atoms with Crippen molar-refractivity contribution in [1.82, 2.24) is 15.1 Å². The summed E-state index contributed by atoms with van der Waals surface area (Å²) in [6, 6.07) is 9.75. The smallest absolute Gasteiger partial charge is 0.276 e. The Morgan fingerprint density at radius 1 is 1.30 bits per heavy atom. The van der Waals surface area contributed by atoms with Crippen LogP contribution in [0.1, 0.15) is 6.92 Å². The van der Waals surface area contributed by atoms with Crippen LogP contribution in [-0.4, -0.2) is 51.2 Å². The molecule has 3 rings (SSSR count). The van der Waals surface area contributed by atoms with Gasteiger partial charge < -0.3 is 9.52 Å². The van der Waals surface area contributed by atoms with E-state index in [9.17, 15) is 5.11 Å². The van der Waals surface area contributed by atoms with Gasteiger partial charge in [0.05, 0.1) is 5.60 Å². The summed E-state index contributed by atoms with van der Waals surface area (Å²) in [5.74, 6) is 1.44. The van der Waals surface area contributed by atoms with Gasteiger partial charge in [0.2, 0.25) is 5.89 Å². The standard InChI is InChI=1S/C14H17N3O2S/c1-14(18)9-17(10-14)7-8-20-13-16-15-12(19-13)11-5-3-2-4-6-11/h2-6,18H,7-10H2,1H3. The molecule has 0 spiro atoms. The highest BCUT2D eigenvalue weighted by Crippen LogP contribution is 2.24. The molecule has 1 aromatic heterocycles. The van der Waals surface area contributed by atoms with Crippen molar-refractivity contribution in [3.8, 4) is 11.5 Å². The van der Waals surface area contributed by atoms with Gasteiger partial charge in [-0.1, -0.05) is 30.0 Å². The molecule has 106 valence electrons. The monoisotopic (exact) mass is 291 g/mol. The van der Waals surface area contributed by atoms with Crippen LogP contribution in [-0.2, 0) is 0 Å². The first-order valence-corrected chi connectivity index (χ1v) is 7.57. The largest absolute Gasteiger partial charge is 0.411 e. The van der Waals surface area contributed by atoms with Crippen LogP contribution in [0.3, 0.4) is 0 Å². The maximum atomic E-state index is 9.64. The fourth-order valence-corrected chi connectivity index (χ4v) is 3.06. The van der Waals surface area contributed by atoms with Crippen molar-refractivity contribution >= 4 is 11.8 Å². The number of nitrogens with zero attached hydrogens (tertiary/aromatic N) is 3. The van der Waals surface area contributed by atoms with Crippen molar-refractivity contribution < 1.29 is 9.52 Å². The average Bonchev–Trinajstić information content (AvgIpc) is 2.86. The summed E-state index contributed by atoms with van der Waals surface area (Å²) in [6.07, 6.45) is 0. The van der Waals surface area contributed by atoms with E-state index in [0.717, 1.165) is 31.0 Å². The summed E-state index contributed by atoms with van der Waals surface area (Å²) in [7, 11) is 0. The number of benzene rings is 1. The molecule has 2 aromatic rings. The Labute approximate surface area is 122 Å². The molecule has 0 atom stereocenters. The van der Waals surface area contributed by atoms with Gasteiger partial charge in [-0.15, -0.1) is 10.2 Å². The Kier molecular flexibility index (Phi) is 3.78. The number of thioether (sulfide) groups is 1. The second-order valence-electron chi connectivity index (χ2n) is 5.30. The summed E-state index contributed by atoms with van der Waals surface area (Å²) in [5, 5.41) is 18.3. The van der Waals surface area contributed by atoms with Crippen LogP contribution < -0.4 is 0 Å². The van der Waals surface area contributed by atoms with Crippen LogP contribution in [0.2, 0.25) is 0 Å². The topological polar surface area (TPSA) is 62.4 Å². The highest BCUT2D eigenvalue weighted by molar-refractivity contribution is 7.99. The van der Waals surface area contributed by atoms with Crippen molar-refractivity contribution in [2.75, 3.05) is 25.4 Å². The predicted octanol–water partition coefficient (Wildman–Crippen LogP) is 1.90. The SMILES string of the molecule is CC1(O)CN(CCSc2nnc(-c3ccccc3)o2)C1. The van der Waals surface area contributed by atoms with Gasteiger partial charge in [-0.3, -0.25) is 4.90 Å². The predicted molar refractivity (Wildman–Crippen MR) is 77.5 cm³/mol. The van der Waals surface area contributed by atoms with Gasteiger partial charge in [-0.25, -0.2) is 0 Å². The number of likely N-dealkylation sites (tertiary alicyclic amines) is 1. The molecule has 0 bridgehead atoms. The number of β-amino-alcohol motifs (C(OH)–C–C–N with tert-alkyl or cyclic N) is 1. The van der Waals surface area contributed by atoms with Gasteiger partial charge in [0, 0.05) is 31.0 Å². The lowest BCUT2D eigenvalue weighted by molar-refractivity contribution is -0.0801. The molecular weight excluding hydrogens is 274 g/mol. The third kappa shape index (κ3) is 3.20. The summed E-state index contributed by atoms with van der Waals surface area (Å²) >= 11 is 1.55. The lowest BCUT2D eigenvalue weighted by Crippen LogP contribution is -2.60. The van der Waals surface area contributed by atoms with E-state index in [1.807, 2.05) is 37.3 Å². The van der Waals surface area contributed by atoms with Crippen LogP contribution in [0, 0.1) is 0 Å². The van der Waals surface area contributed by atoms with Crippen LogP contribution in [0.4, 0.5) is 0 Å². The normalized spacial score (nSPS) is 17.9. The summed E-state index contributed by atoms with van der Waals surface area (Å²) in [6.45, 7) is 4.27. The average molecular weight is 291 g/mol. The van der Waals surface area contributed by atoms with Crippen LogP contribution >= 0.6 is 11.8 Å². The first kappa shape index (κ1) is 13.6. The van der Waals surface area contributed by atoms with Crippen LogP contribution in [0.25, 0.3) is 11.5 Å². The van der Waals surface area contributed by atoms with Gasteiger partial charge in [0.1, 0.15) is 0 Å². The Balaban J connectivity index is 1.49. The maximum Gasteiger partial charge on any atom is 0.276 e. The van der Waals surface area contributed by atoms with E-state index in [-0.39, 0.29) is 0 Å². The Bertz CT molecular complexity index is 563. The van der Waals surface area contributed by atoms with E-state index < -0.39 is 5.60 Å². The van der Waals surface area contributed by atoms with E-state index >= 15 is 0 Å². The molecule has 1 aliphatic rings. The second-order valence-corrected chi connectivity index (χ2v) is 6.34. The summed E-state index contributed by atoms with van der Waals surface area (Å²) < 4.78 is 5.62. The molecule has 2 heterocycles. The maximum absolute atomic E-state index is 9.64. The van der Waals surface area contributed by atoms with Crippen molar-refractivity contribution in [2.45, 2.75) is 17.7 Å². The van der Waals surface area contributed by atoms with Crippen molar-refractivity contribution in [1.29, 1.82) is 0 Å². The Hall–Kier alpha value is -1.37. The highest BCUT2D eigenvalue weighted by atomic mass is 32.2. The highest BCUT2D eigenvalue weighted by Gasteiger charge is 2.35. The van der Waals surface area contributed by atoms with E-state index in [0.29, 0.717) is 11.1 Å². The molecule has 1 fully saturated rings. The van der Waals surface area contributed by atoms with Crippen LogP contribution in [0.5, 0.6) is 0 Å². The molecule has 1 N–H and O–H groups in total. The first-order chi connectivity index (χ1) is 9.62. The zero-order valence-corrected chi connectivity index (χ0v) is 12.1. The molecule has 20 heavy (non-hydrogen) atoms. The second kappa shape index (κ2) is 5.55. The Morgan fingerprint density at radius 3 is 2.75 bits per heavy atom. The molecule has 1 aliphatic heterocycles. The minimum Gasteiger partial charge on any atom is -0.411 e. The third-order valence-corrected chi connectivity index (χ3v) is 3.99. The number of hydrogen-bond donors (Lipinski definition) is 1.